The Hall–Kier alpha value is -10.9. The number of aliphatic imine (C=N–C) groups is 2. The van der Waals surface area contributed by atoms with Crippen molar-refractivity contribution in [1.82, 2.24) is 40.9 Å². The van der Waals surface area contributed by atoms with E-state index in [0.717, 1.165) is 104 Å². The molecular weight excluding hydrogens is 1390 g/mol. The molecular formula is C73H87N13O21. The third-order valence-electron chi connectivity index (χ3n) is 18.6. The fourth-order valence-electron chi connectivity index (χ4n) is 12.8. The fraction of sp³-hybridized carbons (Fsp3) is 0.438. The quantitative estimate of drug-likeness (QED) is 0.0161. The number of carbonyl (C=O) groups excluding carboxylic acids is 9. The summed E-state index contributed by atoms with van der Waals surface area (Å²) in [6, 6.07) is 18.6. The second-order valence-electron chi connectivity index (χ2n) is 26.5. The minimum Gasteiger partial charge on any atom is -0.490 e. The lowest BCUT2D eigenvalue weighted by molar-refractivity contribution is -0.809. The Morgan fingerprint density at radius 2 is 1.12 bits per heavy atom. The number of hydrogen-bond acceptors (Lipinski definition) is 25. The van der Waals surface area contributed by atoms with Crippen molar-refractivity contribution in [1.29, 1.82) is 0 Å². The number of anilines is 2. The maximum atomic E-state index is 14.6. The molecule has 7 N–H and O–H groups in total. The molecule has 0 bridgehead atoms. The van der Waals surface area contributed by atoms with Crippen LogP contribution in [-0.2, 0) is 64.0 Å². The number of ether oxygens (including phenoxy) is 4. The molecule has 4 aromatic carbocycles. The van der Waals surface area contributed by atoms with Gasteiger partial charge in [-0.25, -0.2) is 19.4 Å². The molecule has 34 heteroatoms. The molecule has 0 spiro atoms. The van der Waals surface area contributed by atoms with Gasteiger partial charge in [0.05, 0.1) is 61.0 Å². The Morgan fingerprint density at radius 3 is 1.68 bits per heavy atom. The summed E-state index contributed by atoms with van der Waals surface area (Å²) in [6.45, 7) is 8.20. The number of nitrogens with zero attached hydrogens (tertiary/aromatic N) is 7. The molecule has 1 saturated heterocycles. The number of likely N-dealkylation sites (N-methyl/N-ethyl adjacent to an activating group) is 1. The molecule has 0 radical (unpaired) electrons. The van der Waals surface area contributed by atoms with Crippen LogP contribution in [0, 0.1) is 5.92 Å². The summed E-state index contributed by atoms with van der Waals surface area (Å²) in [5.41, 5.74) is 12.3. The van der Waals surface area contributed by atoms with Gasteiger partial charge in [-0.05, 0) is 112 Å². The van der Waals surface area contributed by atoms with E-state index in [-0.39, 0.29) is 76.6 Å². The number of urea groups is 1. The Balaban J connectivity index is 0.653. The third kappa shape index (κ3) is 21.2. The van der Waals surface area contributed by atoms with E-state index in [1.807, 2.05) is 12.4 Å². The Kier molecular flexibility index (Phi) is 27.4. The molecule has 10 amide bonds. The molecule has 34 nitrogen and oxygen atoms in total. The predicted molar refractivity (Wildman–Crippen MR) is 383 cm³/mol. The normalized spacial score (nSPS) is 18.8. The van der Waals surface area contributed by atoms with Crippen molar-refractivity contribution >= 4 is 99.8 Å². The van der Waals surface area contributed by atoms with Gasteiger partial charge in [-0.15, -0.1) is 0 Å². The molecule has 7 aliphatic rings. The number of hydrogen-bond donors (Lipinski definition) is 6. The summed E-state index contributed by atoms with van der Waals surface area (Å²) in [4.78, 5) is 144. The standard InChI is InChI=1S/C73H87N13O21/c1-46(2)67(81-73(95)101-103-105-107-106-104-102-100-35-25-75-64(87)23-26-84-65(88)21-22-66(84)89)69(91)80-57(12-10-24-76-72(74)94)68(90)79-51-17-13-47(14-18-51)49-36-53-42-77-58-40-62-60(38-55(58)70(92)85(53)44-49)96-31-8-6-4-5-7-9-32-97-61-39-56-59(41-63(61)99-34-11-33-98-62)78-43-54-37-50(45-86(54)71(56)93)48-15-19-52(20-16-48)83-29-27-82(3)28-30-83/h13-22,38-46,53-54,57,67H,4-12,23-37H2,1-3H3,(H,75,87)(H,79,90)(H,80,91)(H,81,95)(H3,74,76,94)/t53-,54-,57-,67-/m0/s1. The van der Waals surface area contributed by atoms with E-state index in [9.17, 15) is 43.2 Å². The second kappa shape index (κ2) is 37.9. The second-order valence-corrected chi connectivity index (χ2v) is 26.5. The highest BCUT2D eigenvalue weighted by Gasteiger charge is 2.37. The van der Waals surface area contributed by atoms with Gasteiger partial charge in [-0.1, -0.05) is 63.8 Å². The summed E-state index contributed by atoms with van der Waals surface area (Å²) in [5, 5.41) is 37.0. The molecule has 570 valence electrons. The smallest absolute Gasteiger partial charge is 0.442 e. The number of carbonyl (C=O) groups is 9. The molecule has 107 heavy (non-hydrogen) atoms. The molecule has 7 heterocycles. The van der Waals surface area contributed by atoms with Gasteiger partial charge < -0.3 is 70.9 Å². The first-order chi connectivity index (χ1) is 51.9. The van der Waals surface area contributed by atoms with Crippen molar-refractivity contribution in [2.45, 2.75) is 115 Å². The summed E-state index contributed by atoms with van der Waals surface area (Å²) >= 11 is 0. The number of amides is 10. The van der Waals surface area contributed by atoms with Gasteiger partial charge in [0.2, 0.25) is 17.7 Å². The number of benzene rings is 4. The molecule has 0 aromatic heterocycles. The fourth-order valence-corrected chi connectivity index (χ4v) is 12.8. The number of imide groups is 1. The maximum Gasteiger partial charge on any atom is 0.442 e. The summed E-state index contributed by atoms with van der Waals surface area (Å²) in [6.07, 6.45) is 15.2. The van der Waals surface area contributed by atoms with Crippen LogP contribution in [0.5, 0.6) is 23.0 Å². The van der Waals surface area contributed by atoms with E-state index < -0.39 is 65.7 Å². The van der Waals surface area contributed by atoms with Gasteiger partial charge in [0.25, 0.3) is 23.6 Å². The van der Waals surface area contributed by atoms with E-state index in [4.69, 9.17) is 34.7 Å². The van der Waals surface area contributed by atoms with Crippen molar-refractivity contribution in [3.05, 3.63) is 120 Å². The minimum atomic E-state index is -1.35. The molecule has 11 rings (SSSR count). The zero-order chi connectivity index (χ0) is 75.2. The summed E-state index contributed by atoms with van der Waals surface area (Å²) in [5.74, 6) is -2.17. The number of fused-ring (bicyclic) bond motifs is 6. The highest BCUT2D eigenvalue weighted by molar-refractivity contribution is 6.13. The zero-order valence-electron chi connectivity index (χ0n) is 59.5. The number of nitrogens with two attached hydrogens (primary N) is 1. The maximum absolute atomic E-state index is 14.6. The number of piperazine rings is 1. The lowest BCUT2D eigenvalue weighted by Gasteiger charge is -2.34. The highest BCUT2D eigenvalue weighted by atomic mass is 17.9. The first-order valence-corrected chi connectivity index (χ1v) is 35.6. The average molecular weight is 1480 g/mol. The summed E-state index contributed by atoms with van der Waals surface area (Å²) < 4.78 is 25.6. The minimum absolute atomic E-state index is 0.0179. The van der Waals surface area contributed by atoms with E-state index in [1.54, 1.807) is 84.6 Å². The van der Waals surface area contributed by atoms with Gasteiger partial charge in [0.15, 0.2) is 23.0 Å². The van der Waals surface area contributed by atoms with Crippen molar-refractivity contribution in [2.24, 2.45) is 21.6 Å². The molecule has 0 saturated carbocycles. The Bertz CT molecular complexity index is 4010. The van der Waals surface area contributed by atoms with Crippen LogP contribution in [-0.4, -0.2) is 196 Å². The first kappa shape index (κ1) is 77.3. The summed E-state index contributed by atoms with van der Waals surface area (Å²) in [7, 11) is 2.15. The lowest BCUT2D eigenvalue weighted by Crippen LogP contribution is -2.54. The van der Waals surface area contributed by atoms with Crippen LogP contribution in [0.4, 0.5) is 32.3 Å². The predicted octanol–water partition coefficient (Wildman–Crippen LogP) is 6.92. The van der Waals surface area contributed by atoms with E-state index >= 15 is 0 Å². The van der Waals surface area contributed by atoms with E-state index in [0.29, 0.717) is 83.7 Å². The lowest BCUT2D eigenvalue weighted by atomic mass is 10.0. The van der Waals surface area contributed by atoms with Crippen molar-refractivity contribution < 1.29 is 102 Å². The number of primary amides is 1. The van der Waals surface area contributed by atoms with Crippen LogP contribution in [0.15, 0.2) is 107 Å². The van der Waals surface area contributed by atoms with Gasteiger partial charge in [-0.2, -0.15) is 0 Å². The van der Waals surface area contributed by atoms with Crippen LogP contribution in [0.3, 0.4) is 0 Å². The van der Waals surface area contributed by atoms with Gasteiger partial charge in [0, 0.05) is 147 Å². The monoisotopic (exact) mass is 1480 g/mol. The van der Waals surface area contributed by atoms with Crippen molar-refractivity contribution in [3.63, 3.8) is 0 Å². The first-order valence-electron chi connectivity index (χ1n) is 35.6. The Morgan fingerprint density at radius 1 is 0.598 bits per heavy atom. The van der Waals surface area contributed by atoms with Crippen LogP contribution in [0.1, 0.15) is 123 Å². The highest BCUT2D eigenvalue weighted by Crippen LogP contribution is 2.43. The molecule has 1 fully saturated rings. The van der Waals surface area contributed by atoms with Gasteiger partial charge >= 0.3 is 12.1 Å². The van der Waals surface area contributed by atoms with Gasteiger partial charge in [-0.3, -0.25) is 48.4 Å². The SMILES string of the molecule is CC(C)[C@H](NC(=O)OOOOOOOOCCNC(=O)CCN1C(=O)C=CC1=O)C(=O)N[C@@H](CCCNC(N)=O)C(=O)Nc1ccc(C2=CN3C(=O)c4cc5c(cc4N=C[C@@H]3C2)OCCCOc2cc3c(cc2OCCCCCCCCO5)C(=O)N2C=C(c4ccc(N5CCN(C)CC5)cc4)C[C@H]2C=N3)cc1. The third-order valence-corrected chi connectivity index (χ3v) is 18.6. The average Bonchev–Trinajstić information content (AvgIpc) is 1.64. The molecule has 4 atom stereocenters. The van der Waals surface area contributed by atoms with Crippen LogP contribution in [0.2, 0.25) is 0 Å². The molecule has 7 aliphatic heterocycles. The molecule has 4 aromatic rings. The number of nitrogens with one attached hydrogen (secondary N) is 5. The molecule has 0 unspecified atom stereocenters. The largest absolute Gasteiger partial charge is 0.490 e. The Labute approximate surface area is 615 Å². The topological polar surface area (TPSA) is 391 Å². The van der Waals surface area contributed by atoms with Crippen molar-refractivity contribution in [2.75, 3.05) is 96.1 Å². The number of rotatable bonds is 26. The van der Waals surface area contributed by atoms with Crippen LogP contribution < -0.4 is 56.2 Å². The zero-order valence-corrected chi connectivity index (χ0v) is 59.5. The van der Waals surface area contributed by atoms with Crippen LogP contribution in [0.25, 0.3) is 11.1 Å². The van der Waals surface area contributed by atoms with E-state index in [2.05, 4.69) is 108 Å². The molecule has 0 aliphatic carbocycles. The van der Waals surface area contributed by atoms with E-state index in [1.165, 1.54) is 5.69 Å². The van der Waals surface area contributed by atoms with Gasteiger partial charge in [0.1, 0.15) is 18.7 Å². The van der Waals surface area contributed by atoms with Crippen molar-refractivity contribution in [3.8, 4) is 23.0 Å². The van der Waals surface area contributed by atoms with Crippen LogP contribution >= 0.6 is 0 Å².